The van der Waals surface area contributed by atoms with Crippen LogP contribution in [0.2, 0.25) is 0 Å². The normalized spacial score (nSPS) is 22.7. The molecule has 0 saturated carbocycles. The van der Waals surface area contributed by atoms with Crippen LogP contribution in [0.1, 0.15) is 29.8 Å². The fraction of sp³-hybridized carbons (Fsp3) is 0.611. The van der Waals surface area contributed by atoms with Gasteiger partial charge in [0.25, 0.3) is 0 Å². The number of thiazole rings is 1. The Labute approximate surface area is 152 Å². The molecule has 0 radical (unpaired) electrons. The zero-order valence-electron chi connectivity index (χ0n) is 14.6. The third-order valence-corrected chi connectivity index (χ3v) is 6.05. The minimum atomic E-state index is 0.0603. The Morgan fingerprint density at radius 2 is 2.16 bits per heavy atom. The van der Waals surface area contributed by atoms with E-state index in [1.165, 1.54) is 4.88 Å². The van der Waals surface area contributed by atoms with Crippen molar-refractivity contribution in [2.75, 3.05) is 26.3 Å². The van der Waals surface area contributed by atoms with Gasteiger partial charge in [-0.25, -0.2) is 15.0 Å². The van der Waals surface area contributed by atoms with Crippen LogP contribution in [0.5, 0.6) is 6.01 Å². The lowest BCUT2D eigenvalue weighted by Gasteiger charge is -2.53. The molecule has 7 heteroatoms. The molecule has 0 aliphatic carbocycles. The molecule has 6 nitrogen and oxygen atoms in total. The van der Waals surface area contributed by atoms with Gasteiger partial charge in [-0.1, -0.05) is 0 Å². The first-order valence-corrected chi connectivity index (χ1v) is 9.75. The Morgan fingerprint density at radius 1 is 1.32 bits per heavy atom. The molecule has 0 amide bonds. The molecular formula is C18H24N4O2S. The largest absolute Gasteiger partial charge is 0.463 e. The summed E-state index contributed by atoms with van der Waals surface area (Å²) in [6, 6.07) is 2.27. The summed E-state index contributed by atoms with van der Waals surface area (Å²) in [5.41, 5.74) is 3.16. The van der Waals surface area contributed by atoms with Crippen LogP contribution < -0.4 is 4.74 Å². The molecule has 2 aliphatic rings. The Kier molecular flexibility index (Phi) is 4.96. The smallest absolute Gasteiger partial charge is 0.316 e. The highest BCUT2D eigenvalue weighted by Crippen LogP contribution is 2.39. The summed E-state index contributed by atoms with van der Waals surface area (Å²) in [5.74, 6) is 0.657. The number of hydrogen-bond acceptors (Lipinski definition) is 7. The van der Waals surface area contributed by atoms with Crippen LogP contribution in [0.25, 0.3) is 0 Å². The fourth-order valence-corrected chi connectivity index (χ4v) is 4.65. The van der Waals surface area contributed by atoms with E-state index in [0.717, 1.165) is 51.2 Å². The Morgan fingerprint density at radius 3 is 2.92 bits per heavy atom. The van der Waals surface area contributed by atoms with Gasteiger partial charge in [-0.05, 0) is 38.2 Å². The van der Waals surface area contributed by atoms with Crippen LogP contribution in [0.15, 0.2) is 24.0 Å². The van der Waals surface area contributed by atoms with Crippen LogP contribution in [-0.4, -0.2) is 51.8 Å². The maximum Gasteiger partial charge on any atom is 0.316 e. The zero-order chi connectivity index (χ0) is 17.1. The minimum absolute atomic E-state index is 0.0603. The lowest BCUT2D eigenvalue weighted by molar-refractivity contribution is -0.181. The van der Waals surface area contributed by atoms with Crippen molar-refractivity contribution >= 4 is 11.3 Å². The summed E-state index contributed by atoms with van der Waals surface area (Å²) >= 11 is 1.75. The molecule has 4 rings (SSSR count). The predicted molar refractivity (Wildman–Crippen MR) is 95.7 cm³/mol. The Balaban J connectivity index is 1.23. The van der Waals surface area contributed by atoms with Gasteiger partial charge in [-0.3, -0.25) is 4.90 Å². The molecule has 0 bridgehead atoms. The van der Waals surface area contributed by atoms with Gasteiger partial charge in [-0.2, -0.15) is 0 Å². The van der Waals surface area contributed by atoms with Crippen molar-refractivity contribution in [1.29, 1.82) is 0 Å². The highest BCUT2D eigenvalue weighted by atomic mass is 32.1. The van der Waals surface area contributed by atoms with Crippen LogP contribution >= 0.6 is 11.3 Å². The van der Waals surface area contributed by atoms with Crippen molar-refractivity contribution in [2.45, 2.75) is 38.3 Å². The second kappa shape index (κ2) is 7.35. The van der Waals surface area contributed by atoms with Crippen LogP contribution in [0.3, 0.4) is 0 Å². The number of likely N-dealkylation sites (tertiary alicyclic amines) is 1. The van der Waals surface area contributed by atoms with Gasteiger partial charge in [-0.15, -0.1) is 11.3 Å². The summed E-state index contributed by atoms with van der Waals surface area (Å²) in [5, 5.41) is 0. The van der Waals surface area contributed by atoms with Crippen molar-refractivity contribution in [3.05, 3.63) is 34.5 Å². The van der Waals surface area contributed by atoms with Crippen molar-refractivity contribution in [1.82, 2.24) is 19.9 Å². The van der Waals surface area contributed by atoms with Crippen LogP contribution in [0, 0.1) is 12.8 Å². The van der Waals surface area contributed by atoms with Crippen LogP contribution in [-0.2, 0) is 11.3 Å². The van der Waals surface area contributed by atoms with Gasteiger partial charge in [0.05, 0.1) is 23.4 Å². The van der Waals surface area contributed by atoms with E-state index in [1.807, 2.05) is 5.51 Å². The summed E-state index contributed by atoms with van der Waals surface area (Å²) in [7, 11) is 0. The van der Waals surface area contributed by atoms with E-state index >= 15 is 0 Å². The van der Waals surface area contributed by atoms with E-state index in [-0.39, 0.29) is 5.60 Å². The van der Waals surface area contributed by atoms with Crippen molar-refractivity contribution < 1.29 is 9.47 Å². The van der Waals surface area contributed by atoms with E-state index in [9.17, 15) is 0 Å². The van der Waals surface area contributed by atoms with E-state index in [2.05, 4.69) is 26.8 Å². The first kappa shape index (κ1) is 16.9. The van der Waals surface area contributed by atoms with Gasteiger partial charge in [0, 0.05) is 43.5 Å². The molecule has 1 atom stereocenters. The van der Waals surface area contributed by atoms with Crippen LogP contribution in [0.4, 0.5) is 0 Å². The topological polar surface area (TPSA) is 60.4 Å². The van der Waals surface area contributed by atoms with Gasteiger partial charge >= 0.3 is 6.01 Å². The Hall–Kier alpha value is -1.57. The fourth-order valence-electron chi connectivity index (χ4n) is 3.83. The van der Waals surface area contributed by atoms with E-state index in [4.69, 9.17) is 9.47 Å². The van der Waals surface area contributed by atoms with Crippen molar-refractivity contribution in [2.24, 2.45) is 5.92 Å². The van der Waals surface area contributed by atoms with Gasteiger partial charge < -0.3 is 9.47 Å². The summed E-state index contributed by atoms with van der Waals surface area (Å²) < 4.78 is 11.8. The SMILES string of the molecule is Cc1ncsc1CN1CC2(CC(CCOc3ncccn3)CCO2)C1. The molecule has 2 aliphatic heterocycles. The highest BCUT2D eigenvalue weighted by Gasteiger charge is 2.47. The van der Waals surface area contributed by atoms with Crippen molar-refractivity contribution in [3.8, 4) is 6.01 Å². The molecular weight excluding hydrogens is 336 g/mol. The molecule has 2 saturated heterocycles. The average molecular weight is 360 g/mol. The number of aryl methyl sites for hydroxylation is 1. The highest BCUT2D eigenvalue weighted by molar-refractivity contribution is 7.09. The molecule has 2 aromatic heterocycles. The lowest BCUT2D eigenvalue weighted by atomic mass is 9.79. The second-order valence-corrected chi connectivity index (χ2v) is 8.00. The molecule has 0 aromatic carbocycles. The molecule has 134 valence electrons. The number of aromatic nitrogens is 3. The lowest BCUT2D eigenvalue weighted by Crippen LogP contribution is -2.64. The molecule has 1 unspecified atom stereocenters. The molecule has 1 spiro atoms. The Bertz CT molecular complexity index is 687. The second-order valence-electron chi connectivity index (χ2n) is 7.06. The monoisotopic (exact) mass is 360 g/mol. The maximum atomic E-state index is 6.16. The quantitative estimate of drug-likeness (QED) is 0.789. The van der Waals surface area contributed by atoms with E-state index in [0.29, 0.717) is 18.5 Å². The average Bonchev–Trinajstić information content (AvgIpc) is 3.00. The van der Waals surface area contributed by atoms with E-state index < -0.39 is 0 Å². The molecule has 2 aromatic rings. The minimum Gasteiger partial charge on any atom is -0.463 e. The molecule has 2 fully saturated rings. The van der Waals surface area contributed by atoms with Crippen molar-refractivity contribution in [3.63, 3.8) is 0 Å². The van der Waals surface area contributed by atoms with Gasteiger partial charge in [0.15, 0.2) is 0 Å². The summed E-state index contributed by atoms with van der Waals surface area (Å²) in [6.07, 6.45) is 6.70. The first-order chi connectivity index (χ1) is 12.2. The van der Waals surface area contributed by atoms with E-state index in [1.54, 1.807) is 29.8 Å². The standard InChI is InChI=1S/C18H24N4O2S/c1-14-16(25-13-21-14)10-22-11-18(12-22)9-15(4-8-24-18)3-7-23-17-19-5-2-6-20-17/h2,5-6,13,15H,3-4,7-12H2,1H3. The van der Waals surface area contributed by atoms with Gasteiger partial charge in [0.2, 0.25) is 0 Å². The first-order valence-electron chi connectivity index (χ1n) is 8.88. The number of ether oxygens (including phenoxy) is 2. The molecule has 0 N–H and O–H groups in total. The zero-order valence-corrected chi connectivity index (χ0v) is 15.4. The summed E-state index contributed by atoms with van der Waals surface area (Å²) in [4.78, 5) is 16.4. The number of rotatable bonds is 6. The maximum absolute atomic E-state index is 6.16. The predicted octanol–water partition coefficient (Wildman–Crippen LogP) is 2.69. The number of hydrogen-bond donors (Lipinski definition) is 0. The molecule has 4 heterocycles. The van der Waals surface area contributed by atoms with Gasteiger partial charge in [0.1, 0.15) is 0 Å². The third-order valence-electron chi connectivity index (χ3n) is 5.13. The number of nitrogens with zero attached hydrogens (tertiary/aromatic N) is 4. The summed E-state index contributed by atoms with van der Waals surface area (Å²) in [6.45, 7) is 6.69. The molecule has 25 heavy (non-hydrogen) atoms. The third kappa shape index (κ3) is 3.99.